The maximum Gasteiger partial charge on any atom is 0.456 e. The molecule has 2 N–H and O–H groups in total. The lowest BCUT2D eigenvalue weighted by atomic mass is 9.49. The molecule has 14 heteroatoms. The van der Waals surface area contributed by atoms with Gasteiger partial charge in [-0.1, -0.05) is 66.9 Å². The second-order valence-electron chi connectivity index (χ2n) is 17.1. The molecular weight excluding hydrogens is 738 g/mol. The molecule has 7 rings (SSSR count). The second kappa shape index (κ2) is 12.6. The lowest BCUT2D eigenvalue weighted by molar-refractivity contribution is -0.362. The third kappa shape index (κ3) is 6.25. The molecule has 1 unspecified atom stereocenters. The molecule has 292 valence electrons. The molecule has 0 bridgehead atoms. The van der Waals surface area contributed by atoms with Crippen molar-refractivity contribution in [2.24, 2.45) is 26.4 Å². The van der Waals surface area contributed by atoms with E-state index in [9.17, 15) is 31.8 Å². The summed E-state index contributed by atoms with van der Waals surface area (Å²) in [5.41, 5.74) is -3.54. The Bertz CT molecular complexity index is 1940. The zero-order valence-electron chi connectivity index (χ0n) is 30.6. The Balaban J connectivity index is 1.30. The summed E-state index contributed by atoms with van der Waals surface area (Å²) in [6, 6.07) is 13.3. The average molecular weight is 786 g/mol. The fourth-order valence-electron chi connectivity index (χ4n) is 10.1. The molecule has 53 heavy (non-hydrogen) atoms. The Morgan fingerprint density at radius 2 is 1.51 bits per heavy atom. The number of hydrogen-bond donors (Lipinski definition) is 2. The third-order valence-corrected chi connectivity index (χ3v) is 16.5. The van der Waals surface area contributed by atoms with Gasteiger partial charge in [0.15, 0.2) is 5.79 Å². The van der Waals surface area contributed by atoms with Crippen LogP contribution >= 0.6 is 0 Å². The number of halogens is 5. The summed E-state index contributed by atoms with van der Waals surface area (Å²) >= 11 is 0. The summed E-state index contributed by atoms with van der Waals surface area (Å²) in [5, 5.41) is 24.1. The van der Waals surface area contributed by atoms with Crippen molar-refractivity contribution < 1.29 is 50.1 Å². The van der Waals surface area contributed by atoms with Crippen LogP contribution in [-0.2, 0) is 30.2 Å². The van der Waals surface area contributed by atoms with E-state index < -0.39 is 79.4 Å². The molecule has 4 aliphatic carbocycles. The molecule has 1 saturated heterocycles. The van der Waals surface area contributed by atoms with Crippen LogP contribution in [0.5, 0.6) is 0 Å². The molecule has 0 amide bonds. The van der Waals surface area contributed by atoms with Gasteiger partial charge in [0.1, 0.15) is 5.60 Å². The van der Waals surface area contributed by atoms with Crippen molar-refractivity contribution >= 4 is 20.7 Å². The van der Waals surface area contributed by atoms with Crippen molar-refractivity contribution in [2.75, 3.05) is 19.5 Å². The SMILES string of the molecule is Cc1ccc(S(=O)(=O)N=S(C)c2ccc([C@H]3C[C@@]4(C)[C@@H](CC[C@@]4(O)C(F)(F)C(F)(F)F)[C@@H]4CC[C@@]5(O)CC6(CCC5=C43)OCC(C)(C)CO6)cc2)cc1. The quantitative estimate of drug-likeness (QED) is 0.233. The van der Waals surface area contributed by atoms with Crippen molar-refractivity contribution in [3.63, 3.8) is 0 Å². The van der Waals surface area contributed by atoms with E-state index in [2.05, 4.69) is 3.77 Å². The van der Waals surface area contributed by atoms with Crippen LogP contribution in [0.1, 0.15) is 89.2 Å². The number of benzene rings is 2. The summed E-state index contributed by atoms with van der Waals surface area (Å²) in [7, 11) is -5.08. The fourth-order valence-corrected chi connectivity index (χ4v) is 13.0. The highest BCUT2D eigenvalue weighted by atomic mass is 32.3. The predicted molar refractivity (Wildman–Crippen MR) is 190 cm³/mol. The first-order valence-electron chi connectivity index (χ1n) is 18.2. The Morgan fingerprint density at radius 3 is 2.11 bits per heavy atom. The van der Waals surface area contributed by atoms with Crippen molar-refractivity contribution in [2.45, 2.75) is 124 Å². The number of allylic oxidation sites excluding steroid dienone is 1. The number of ether oxygens (including phenoxy) is 2. The van der Waals surface area contributed by atoms with Gasteiger partial charge in [-0.15, -0.1) is 3.77 Å². The highest BCUT2D eigenvalue weighted by molar-refractivity contribution is 7.99. The Kier molecular flexibility index (Phi) is 9.31. The molecule has 5 aliphatic rings. The number of aliphatic hydroxyl groups is 2. The van der Waals surface area contributed by atoms with E-state index in [1.807, 2.05) is 20.8 Å². The van der Waals surface area contributed by atoms with Gasteiger partial charge in [-0.3, -0.25) is 0 Å². The van der Waals surface area contributed by atoms with Crippen molar-refractivity contribution in [1.82, 2.24) is 0 Å². The molecular formula is C39H48F5NO6S2. The van der Waals surface area contributed by atoms with Crippen LogP contribution in [0, 0.1) is 29.6 Å². The van der Waals surface area contributed by atoms with Crippen LogP contribution in [0.25, 0.3) is 0 Å². The smallest absolute Gasteiger partial charge is 0.385 e. The Morgan fingerprint density at radius 1 is 0.887 bits per heavy atom. The van der Waals surface area contributed by atoms with E-state index in [0.29, 0.717) is 42.9 Å². The number of aryl methyl sites for hydroxylation is 1. The van der Waals surface area contributed by atoms with E-state index >= 15 is 8.78 Å². The molecule has 2 aromatic rings. The molecule has 3 saturated carbocycles. The largest absolute Gasteiger partial charge is 0.456 e. The van der Waals surface area contributed by atoms with Crippen LogP contribution in [-0.4, -0.2) is 67.2 Å². The standard InChI is InChI=1S/C39H48F5NO6S2/c1-24-6-12-27(13-7-24)53(48,49)45-52(5)26-10-8-25(9-11-26)29-20-34(4)30(16-19-37(34,47)38(40,41)39(42,43)44)28-14-17-35(46)21-36(18-15-31(35)32(28)29)50-22-33(2,3)23-51-36/h6-13,28-30,46-47H,14-23H2,1-5H3/t28-,29+,30-,34-,35+,37-,52?/m0/s1. The first-order chi connectivity index (χ1) is 24.5. The molecule has 1 aliphatic heterocycles. The van der Waals surface area contributed by atoms with E-state index in [4.69, 9.17) is 9.47 Å². The van der Waals surface area contributed by atoms with Crippen LogP contribution < -0.4 is 0 Å². The van der Waals surface area contributed by atoms with Crippen LogP contribution in [0.2, 0.25) is 0 Å². The van der Waals surface area contributed by atoms with Crippen LogP contribution in [0.3, 0.4) is 0 Å². The monoisotopic (exact) mass is 785 g/mol. The number of nitrogens with zero attached hydrogens (tertiary/aromatic N) is 1. The van der Waals surface area contributed by atoms with Gasteiger partial charge in [-0.05, 0) is 98.9 Å². The van der Waals surface area contributed by atoms with E-state index in [1.54, 1.807) is 42.7 Å². The van der Waals surface area contributed by atoms with Crippen LogP contribution in [0.4, 0.5) is 22.0 Å². The maximum absolute atomic E-state index is 15.5. The van der Waals surface area contributed by atoms with Gasteiger partial charge in [0.25, 0.3) is 10.0 Å². The van der Waals surface area contributed by atoms with Gasteiger partial charge in [0.05, 0.1) is 23.7 Å². The molecule has 1 heterocycles. The summed E-state index contributed by atoms with van der Waals surface area (Å²) in [5.74, 6) is -8.14. The Hall–Kier alpha value is -2.23. The normalized spacial score (nSPS) is 34.8. The molecule has 0 radical (unpaired) electrons. The van der Waals surface area contributed by atoms with Crippen LogP contribution in [0.15, 0.2) is 73.2 Å². The zero-order chi connectivity index (χ0) is 38.6. The van der Waals surface area contributed by atoms with E-state index in [-0.39, 0.29) is 36.0 Å². The number of sulfonamides is 1. The fraction of sp³-hybridized carbons (Fsp3) is 0.641. The van der Waals surface area contributed by atoms with Gasteiger partial charge in [-0.2, -0.15) is 30.4 Å². The first-order valence-corrected chi connectivity index (χ1v) is 21.2. The first kappa shape index (κ1) is 39.0. The van der Waals surface area contributed by atoms with Gasteiger partial charge < -0.3 is 19.7 Å². The number of fused-ring (bicyclic) bond motifs is 4. The second-order valence-corrected chi connectivity index (χ2v) is 20.5. The average Bonchev–Trinajstić information content (AvgIpc) is 3.36. The molecule has 7 nitrogen and oxygen atoms in total. The summed E-state index contributed by atoms with van der Waals surface area (Å²) in [6.45, 7) is 8.21. The number of rotatable bonds is 5. The molecule has 1 spiro atoms. The minimum Gasteiger partial charge on any atom is -0.385 e. The summed E-state index contributed by atoms with van der Waals surface area (Å²) in [6.07, 6.45) is -3.55. The van der Waals surface area contributed by atoms with E-state index in [1.165, 1.54) is 19.1 Å². The predicted octanol–water partition coefficient (Wildman–Crippen LogP) is 8.40. The molecule has 7 atom stereocenters. The highest BCUT2D eigenvalue weighted by Crippen LogP contribution is 2.71. The maximum atomic E-state index is 15.5. The third-order valence-electron chi connectivity index (χ3n) is 13.0. The lowest BCUT2D eigenvalue weighted by Crippen LogP contribution is -2.65. The summed E-state index contributed by atoms with van der Waals surface area (Å²) in [4.78, 5) is 0.656. The van der Waals surface area contributed by atoms with E-state index in [0.717, 1.165) is 16.7 Å². The minimum absolute atomic E-state index is 0.00889. The van der Waals surface area contributed by atoms with Gasteiger partial charge in [-0.25, -0.2) is 0 Å². The highest BCUT2D eigenvalue weighted by Gasteiger charge is 2.79. The topological polar surface area (TPSA) is 105 Å². The zero-order valence-corrected chi connectivity index (χ0v) is 32.2. The van der Waals surface area contributed by atoms with Gasteiger partial charge >= 0.3 is 12.1 Å². The van der Waals surface area contributed by atoms with Crippen molar-refractivity contribution in [3.8, 4) is 0 Å². The van der Waals surface area contributed by atoms with Crippen molar-refractivity contribution in [1.29, 1.82) is 0 Å². The molecule has 0 aromatic heterocycles. The van der Waals surface area contributed by atoms with Gasteiger partial charge in [0.2, 0.25) is 0 Å². The molecule has 2 aromatic carbocycles. The van der Waals surface area contributed by atoms with Crippen molar-refractivity contribution in [3.05, 3.63) is 70.8 Å². The Labute approximate surface area is 310 Å². The summed E-state index contributed by atoms with van der Waals surface area (Å²) < 4.78 is 116. The lowest BCUT2D eigenvalue weighted by Gasteiger charge is -2.59. The number of hydrogen-bond acceptors (Lipinski definition) is 6. The molecule has 4 fully saturated rings. The minimum atomic E-state index is -5.95. The van der Waals surface area contributed by atoms with Gasteiger partial charge in [0, 0.05) is 34.5 Å². The number of alkyl halides is 5.